The van der Waals surface area contributed by atoms with E-state index in [9.17, 15) is 9.90 Å². The second-order valence-electron chi connectivity index (χ2n) is 8.48. The molecule has 1 saturated carbocycles. The zero-order valence-corrected chi connectivity index (χ0v) is 19.1. The third kappa shape index (κ3) is 7.03. The lowest BCUT2D eigenvalue weighted by Gasteiger charge is -2.10. The Morgan fingerprint density at radius 1 is 1.15 bits per heavy atom. The molecule has 3 aromatic rings. The fourth-order valence-electron chi connectivity index (χ4n) is 3.60. The highest BCUT2D eigenvalue weighted by atomic mass is 16.3. The molecule has 1 aliphatic rings. The average molecular weight is 459 g/mol. The van der Waals surface area contributed by atoms with Gasteiger partial charge in [-0.15, -0.1) is 0 Å². The van der Waals surface area contributed by atoms with Crippen molar-refractivity contribution in [2.75, 3.05) is 17.6 Å². The lowest BCUT2D eigenvalue weighted by atomic mass is 10.0. The molecule has 0 unspecified atom stereocenters. The van der Waals surface area contributed by atoms with Gasteiger partial charge in [0.25, 0.3) is 0 Å². The summed E-state index contributed by atoms with van der Waals surface area (Å²) in [5, 5.41) is 16.6. The average Bonchev–Trinajstić information content (AvgIpc) is 3.65. The molecule has 0 atom stereocenters. The number of rotatable bonds is 11. The predicted molar refractivity (Wildman–Crippen MR) is 134 cm³/mol. The first-order chi connectivity index (χ1) is 16.6. The standard InChI is InChI=1S/C26H30N6O2/c27-26-31-22(16-24(32-26)30-21-9-10-21)19-8-11-23(33)20(15-19)6-2-1-3-14-29-25(34)12-7-18-5-4-13-28-17-18/h4-5,7-8,11-13,15-17,21,33H,1-3,6,9-10,14H2,(H,29,34)(H3,27,30,31,32)/b12-7+. The van der Waals surface area contributed by atoms with Crippen LogP contribution in [0, 0.1) is 0 Å². The summed E-state index contributed by atoms with van der Waals surface area (Å²) < 4.78 is 0. The molecule has 1 aliphatic carbocycles. The van der Waals surface area contributed by atoms with Gasteiger partial charge in [0.1, 0.15) is 11.6 Å². The van der Waals surface area contributed by atoms with Crippen LogP contribution < -0.4 is 16.4 Å². The number of carbonyl (C=O) groups is 1. The minimum absolute atomic E-state index is 0.117. The van der Waals surface area contributed by atoms with Gasteiger partial charge < -0.3 is 21.5 Å². The van der Waals surface area contributed by atoms with Crippen molar-refractivity contribution in [1.29, 1.82) is 0 Å². The monoisotopic (exact) mass is 458 g/mol. The van der Waals surface area contributed by atoms with Gasteiger partial charge in [0.05, 0.1) is 5.69 Å². The summed E-state index contributed by atoms with van der Waals surface area (Å²) in [6.07, 6.45) is 12.4. The Hall–Kier alpha value is -3.94. The fraction of sp³-hybridized carbons (Fsp3) is 0.308. The molecule has 2 heterocycles. The molecule has 0 bridgehead atoms. The molecule has 1 fully saturated rings. The number of nitrogens with one attached hydrogen (secondary N) is 2. The SMILES string of the molecule is Nc1nc(NC2CC2)cc(-c2ccc(O)c(CCCCCNC(=O)/C=C/c3cccnc3)c2)n1. The predicted octanol–water partition coefficient (Wildman–Crippen LogP) is 3.94. The molecule has 8 nitrogen and oxygen atoms in total. The van der Waals surface area contributed by atoms with Crippen LogP contribution in [0.25, 0.3) is 17.3 Å². The number of pyridine rings is 1. The summed E-state index contributed by atoms with van der Waals surface area (Å²) in [6.45, 7) is 0.610. The van der Waals surface area contributed by atoms with Crippen LogP contribution in [0.2, 0.25) is 0 Å². The van der Waals surface area contributed by atoms with Crippen LogP contribution in [0.15, 0.2) is 54.9 Å². The van der Waals surface area contributed by atoms with Crippen LogP contribution >= 0.6 is 0 Å². The Bertz CT molecular complexity index is 1150. The highest BCUT2D eigenvalue weighted by molar-refractivity contribution is 5.91. The second-order valence-corrected chi connectivity index (χ2v) is 8.48. The van der Waals surface area contributed by atoms with Crippen LogP contribution in [0.4, 0.5) is 11.8 Å². The van der Waals surface area contributed by atoms with Crippen LogP contribution in [0.3, 0.4) is 0 Å². The summed E-state index contributed by atoms with van der Waals surface area (Å²) in [6, 6.07) is 11.6. The number of phenolic OH excluding ortho intramolecular Hbond substituents is 1. The molecule has 0 radical (unpaired) electrons. The fourth-order valence-corrected chi connectivity index (χ4v) is 3.60. The Kier molecular flexibility index (Phi) is 7.70. The first-order valence-electron chi connectivity index (χ1n) is 11.7. The number of phenols is 1. The molecule has 0 saturated heterocycles. The van der Waals surface area contributed by atoms with E-state index in [-0.39, 0.29) is 17.6 Å². The van der Waals surface area contributed by atoms with Gasteiger partial charge in [-0.1, -0.05) is 12.5 Å². The van der Waals surface area contributed by atoms with E-state index in [1.807, 2.05) is 30.3 Å². The van der Waals surface area contributed by atoms with E-state index in [2.05, 4.69) is 25.6 Å². The van der Waals surface area contributed by atoms with Crippen LogP contribution in [0.1, 0.15) is 43.2 Å². The molecular weight excluding hydrogens is 428 g/mol. The molecule has 5 N–H and O–H groups in total. The van der Waals surface area contributed by atoms with Gasteiger partial charge in [0, 0.05) is 42.7 Å². The highest BCUT2D eigenvalue weighted by Gasteiger charge is 2.22. The normalized spacial score (nSPS) is 13.2. The molecule has 0 aliphatic heterocycles. The summed E-state index contributed by atoms with van der Waals surface area (Å²) in [7, 11) is 0. The van der Waals surface area contributed by atoms with Crippen molar-refractivity contribution in [3.05, 3.63) is 66.0 Å². The molecule has 34 heavy (non-hydrogen) atoms. The first-order valence-corrected chi connectivity index (χ1v) is 11.7. The van der Waals surface area contributed by atoms with Crippen LogP contribution in [0.5, 0.6) is 5.75 Å². The topological polar surface area (TPSA) is 126 Å². The highest BCUT2D eigenvalue weighted by Crippen LogP contribution is 2.29. The zero-order valence-electron chi connectivity index (χ0n) is 19.1. The van der Waals surface area contributed by atoms with Gasteiger partial charge in [0.2, 0.25) is 11.9 Å². The molecule has 4 rings (SSSR count). The number of hydrogen-bond acceptors (Lipinski definition) is 7. The van der Waals surface area contributed by atoms with Crippen LogP contribution in [-0.4, -0.2) is 38.6 Å². The lowest BCUT2D eigenvalue weighted by molar-refractivity contribution is -0.116. The summed E-state index contributed by atoms with van der Waals surface area (Å²) in [5.41, 5.74) is 9.30. The second kappa shape index (κ2) is 11.3. The van der Waals surface area contributed by atoms with E-state index in [1.165, 1.54) is 6.08 Å². The maximum absolute atomic E-state index is 11.9. The van der Waals surface area contributed by atoms with E-state index in [1.54, 1.807) is 24.5 Å². The van der Waals surface area contributed by atoms with E-state index in [0.29, 0.717) is 12.6 Å². The number of amides is 1. The number of unbranched alkanes of at least 4 members (excludes halogenated alkanes) is 2. The van der Waals surface area contributed by atoms with Gasteiger partial charge >= 0.3 is 0 Å². The maximum Gasteiger partial charge on any atom is 0.243 e. The molecule has 0 spiro atoms. The number of anilines is 2. The number of aromatic nitrogens is 3. The Morgan fingerprint density at radius 3 is 2.82 bits per heavy atom. The number of nitrogen functional groups attached to an aromatic ring is 1. The number of nitrogens with zero attached hydrogens (tertiary/aromatic N) is 3. The smallest absolute Gasteiger partial charge is 0.243 e. The van der Waals surface area contributed by atoms with Crippen molar-refractivity contribution in [3.8, 4) is 17.0 Å². The van der Waals surface area contributed by atoms with E-state index >= 15 is 0 Å². The maximum atomic E-state index is 11.9. The molecular formula is C26H30N6O2. The zero-order chi connectivity index (χ0) is 23.8. The minimum Gasteiger partial charge on any atom is -0.508 e. The Morgan fingerprint density at radius 2 is 2.03 bits per heavy atom. The van der Waals surface area contributed by atoms with Gasteiger partial charge in [0.15, 0.2) is 0 Å². The molecule has 8 heteroatoms. The van der Waals surface area contributed by atoms with Crippen LogP contribution in [-0.2, 0) is 11.2 Å². The van der Waals surface area contributed by atoms with Crippen molar-refractivity contribution < 1.29 is 9.90 Å². The number of hydrogen-bond donors (Lipinski definition) is 4. The number of aromatic hydroxyl groups is 1. The molecule has 1 amide bonds. The minimum atomic E-state index is -0.117. The summed E-state index contributed by atoms with van der Waals surface area (Å²) in [4.78, 5) is 24.6. The van der Waals surface area contributed by atoms with Gasteiger partial charge in [-0.05, 0) is 73.6 Å². The van der Waals surface area contributed by atoms with Crippen molar-refractivity contribution in [3.63, 3.8) is 0 Å². The summed E-state index contributed by atoms with van der Waals surface area (Å²) in [5.74, 6) is 1.12. The van der Waals surface area contributed by atoms with E-state index in [4.69, 9.17) is 5.73 Å². The molecule has 176 valence electrons. The third-order valence-electron chi connectivity index (χ3n) is 5.58. The number of carbonyl (C=O) groups excluding carboxylic acids is 1. The van der Waals surface area contributed by atoms with Crippen molar-refractivity contribution in [2.24, 2.45) is 0 Å². The molecule has 2 aromatic heterocycles. The van der Waals surface area contributed by atoms with Gasteiger partial charge in [-0.2, -0.15) is 4.98 Å². The lowest BCUT2D eigenvalue weighted by Crippen LogP contribution is -2.21. The number of aryl methyl sites for hydroxylation is 1. The first kappa shape index (κ1) is 23.2. The quantitative estimate of drug-likeness (QED) is 0.253. The van der Waals surface area contributed by atoms with Gasteiger partial charge in [-0.25, -0.2) is 4.98 Å². The molecule has 1 aromatic carbocycles. The van der Waals surface area contributed by atoms with Gasteiger partial charge in [-0.3, -0.25) is 9.78 Å². The van der Waals surface area contributed by atoms with Crippen molar-refractivity contribution in [2.45, 2.75) is 44.6 Å². The van der Waals surface area contributed by atoms with Crippen molar-refractivity contribution >= 4 is 23.7 Å². The Labute approximate surface area is 199 Å². The third-order valence-corrected chi connectivity index (χ3v) is 5.58. The summed E-state index contributed by atoms with van der Waals surface area (Å²) >= 11 is 0. The van der Waals surface area contributed by atoms with Crippen molar-refractivity contribution in [1.82, 2.24) is 20.3 Å². The van der Waals surface area contributed by atoms with E-state index in [0.717, 1.165) is 66.7 Å². The number of nitrogens with two attached hydrogens (primary N) is 1. The van der Waals surface area contributed by atoms with E-state index < -0.39 is 0 Å². The largest absolute Gasteiger partial charge is 0.508 e. The number of benzene rings is 1. The Balaban J connectivity index is 1.24.